The molecule has 3 N–H and O–H groups in total. The zero-order valence-corrected chi connectivity index (χ0v) is 21.5. The molecule has 2 aromatic carbocycles. The number of urea groups is 1. The van der Waals surface area contributed by atoms with Crippen molar-refractivity contribution in [3.8, 4) is 5.69 Å². The number of rotatable bonds is 7. The molecule has 2 amide bonds. The molecule has 39 heavy (non-hydrogen) atoms. The smallest absolute Gasteiger partial charge is 0.371 e. The summed E-state index contributed by atoms with van der Waals surface area (Å²) in [4.78, 5) is 29.8. The molecule has 0 bridgehead atoms. The van der Waals surface area contributed by atoms with Crippen LogP contribution in [-0.4, -0.2) is 75.7 Å². The average Bonchev–Trinajstić information content (AvgIpc) is 3.53. The van der Waals surface area contributed by atoms with E-state index in [1.54, 1.807) is 48.3 Å². The van der Waals surface area contributed by atoms with Gasteiger partial charge in [0.25, 0.3) is 0 Å². The van der Waals surface area contributed by atoms with E-state index >= 15 is 0 Å². The second-order valence-corrected chi connectivity index (χ2v) is 9.39. The summed E-state index contributed by atoms with van der Waals surface area (Å²) in [5.74, 6) is 0.607. The molecular formula is C26H28F3N9O. The van der Waals surface area contributed by atoms with Crippen molar-refractivity contribution in [3.63, 3.8) is 0 Å². The number of imidazole rings is 1. The lowest BCUT2D eigenvalue weighted by Gasteiger charge is -2.17. The Labute approximate surface area is 222 Å². The highest BCUT2D eigenvalue weighted by Crippen LogP contribution is 2.32. The van der Waals surface area contributed by atoms with E-state index in [1.165, 1.54) is 6.33 Å². The number of anilines is 3. The van der Waals surface area contributed by atoms with Crippen LogP contribution in [-0.2, 0) is 12.6 Å². The zero-order valence-electron chi connectivity index (χ0n) is 21.5. The predicted octanol–water partition coefficient (Wildman–Crippen LogP) is 4.27. The van der Waals surface area contributed by atoms with Crippen LogP contribution in [0.1, 0.15) is 11.1 Å². The third-order valence-electron chi connectivity index (χ3n) is 6.51. The quantitative estimate of drug-likeness (QED) is 0.322. The van der Waals surface area contributed by atoms with Crippen molar-refractivity contribution in [2.24, 2.45) is 0 Å². The van der Waals surface area contributed by atoms with Gasteiger partial charge in [-0.1, -0.05) is 0 Å². The number of nitrogens with zero attached hydrogens (tertiary/aromatic N) is 6. The van der Waals surface area contributed by atoms with Gasteiger partial charge in [0.05, 0.1) is 12.2 Å². The Bertz CT molecular complexity index is 1470. The van der Waals surface area contributed by atoms with E-state index < -0.39 is 17.8 Å². The highest BCUT2D eigenvalue weighted by molar-refractivity contribution is 6.00. The first-order chi connectivity index (χ1) is 18.7. The first kappa shape index (κ1) is 26.4. The largest absolute Gasteiger partial charge is 0.416 e. The van der Waals surface area contributed by atoms with Gasteiger partial charge in [-0.15, -0.1) is 0 Å². The van der Waals surface area contributed by atoms with E-state index in [-0.39, 0.29) is 5.69 Å². The van der Waals surface area contributed by atoms with Gasteiger partial charge in [-0.3, -0.25) is 14.4 Å². The molecule has 1 aliphatic heterocycles. The molecule has 1 aliphatic rings. The zero-order chi connectivity index (χ0) is 27.6. The van der Waals surface area contributed by atoms with Crippen LogP contribution >= 0.6 is 0 Å². The number of nitrogens with one attached hydrogen (secondary N) is 3. The topological polar surface area (TPSA) is 103 Å². The number of carbonyl (C=O) groups is 1. The van der Waals surface area contributed by atoms with Crippen molar-refractivity contribution in [2.75, 3.05) is 56.3 Å². The number of hydrogen-bond acceptors (Lipinski definition) is 7. The lowest BCUT2D eigenvalue weighted by Crippen LogP contribution is -2.25. The van der Waals surface area contributed by atoms with Crippen molar-refractivity contribution in [1.82, 2.24) is 29.3 Å². The molecule has 0 saturated carbocycles. The number of hydrogen-bond donors (Lipinski definition) is 3. The number of benzene rings is 2. The molecule has 204 valence electrons. The van der Waals surface area contributed by atoms with E-state index in [9.17, 15) is 18.0 Å². The minimum atomic E-state index is -4.52. The normalized spacial score (nSPS) is 14.6. The Morgan fingerprint density at radius 3 is 2.46 bits per heavy atom. The maximum absolute atomic E-state index is 13.6. The molecule has 13 heteroatoms. The standard InChI is InChI=1S/C26H28F3N9O/c1-30-23-22-24(32-14-31-23)38(15-33-22)21-5-3-19(4-6-21)34-25(39)35-20-12-17(11-18(13-20)26(27,28)29)7-8-37-10-9-36(2)16-37/h3-6,11-15H,7-10,16H2,1-2H3,(H,30,31,32)(H2,34,35,39). The highest BCUT2D eigenvalue weighted by Gasteiger charge is 2.31. The minimum absolute atomic E-state index is 0.0809. The minimum Gasteiger partial charge on any atom is -0.371 e. The van der Waals surface area contributed by atoms with Crippen LogP contribution < -0.4 is 16.0 Å². The summed E-state index contributed by atoms with van der Waals surface area (Å²) in [7, 11) is 3.76. The molecule has 0 unspecified atom stereocenters. The number of carbonyl (C=O) groups excluding carboxylic acids is 1. The maximum Gasteiger partial charge on any atom is 0.416 e. The first-order valence-corrected chi connectivity index (χ1v) is 12.4. The van der Waals surface area contributed by atoms with Crippen LogP contribution in [0.3, 0.4) is 0 Å². The Balaban J connectivity index is 1.27. The van der Waals surface area contributed by atoms with Crippen LogP contribution in [0.4, 0.5) is 35.2 Å². The van der Waals surface area contributed by atoms with Crippen molar-refractivity contribution in [1.29, 1.82) is 0 Å². The van der Waals surface area contributed by atoms with Crippen LogP contribution in [0.5, 0.6) is 0 Å². The number of alkyl halides is 3. The van der Waals surface area contributed by atoms with Crippen molar-refractivity contribution in [3.05, 3.63) is 66.2 Å². The average molecular weight is 540 g/mol. The van der Waals surface area contributed by atoms with E-state index in [0.29, 0.717) is 41.2 Å². The number of likely N-dealkylation sites (N-methyl/N-ethyl adjacent to an activating group) is 1. The Morgan fingerprint density at radius 1 is 1.00 bits per heavy atom. The third-order valence-corrected chi connectivity index (χ3v) is 6.51. The van der Waals surface area contributed by atoms with E-state index in [4.69, 9.17) is 0 Å². The molecular weight excluding hydrogens is 511 g/mol. The fourth-order valence-corrected chi connectivity index (χ4v) is 4.54. The summed E-state index contributed by atoms with van der Waals surface area (Å²) in [6.45, 7) is 3.23. The first-order valence-electron chi connectivity index (χ1n) is 12.4. The molecule has 2 aromatic heterocycles. The second kappa shape index (κ2) is 10.9. The summed E-state index contributed by atoms with van der Waals surface area (Å²) in [6.07, 6.45) is -1.01. The summed E-state index contributed by atoms with van der Waals surface area (Å²) in [6, 6.07) is 9.95. The van der Waals surface area contributed by atoms with E-state index in [1.807, 2.05) is 7.05 Å². The van der Waals surface area contributed by atoms with Gasteiger partial charge in [0.15, 0.2) is 17.0 Å². The lowest BCUT2D eigenvalue weighted by molar-refractivity contribution is -0.137. The molecule has 0 spiro atoms. The highest BCUT2D eigenvalue weighted by atomic mass is 19.4. The Morgan fingerprint density at radius 2 is 1.77 bits per heavy atom. The summed E-state index contributed by atoms with van der Waals surface area (Å²) in [5, 5.41) is 8.19. The van der Waals surface area contributed by atoms with Crippen LogP contribution in [0.25, 0.3) is 16.9 Å². The van der Waals surface area contributed by atoms with Crippen molar-refractivity contribution in [2.45, 2.75) is 12.6 Å². The summed E-state index contributed by atoms with van der Waals surface area (Å²) < 4.78 is 42.5. The fraction of sp³-hybridized carbons (Fsp3) is 0.308. The summed E-state index contributed by atoms with van der Waals surface area (Å²) >= 11 is 0. The number of aromatic nitrogens is 4. The monoisotopic (exact) mass is 539 g/mol. The molecule has 0 aliphatic carbocycles. The number of halogens is 3. The Hall–Kier alpha value is -4.23. The van der Waals surface area contributed by atoms with Gasteiger partial charge in [0.2, 0.25) is 0 Å². The van der Waals surface area contributed by atoms with Gasteiger partial charge in [-0.25, -0.2) is 19.7 Å². The lowest BCUT2D eigenvalue weighted by atomic mass is 10.1. The molecule has 5 rings (SSSR count). The third kappa shape index (κ3) is 6.10. The van der Waals surface area contributed by atoms with Gasteiger partial charge in [-0.05, 0) is 61.5 Å². The number of amides is 2. The van der Waals surface area contributed by atoms with Gasteiger partial charge in [0.1, 0.15) is 12.7 Å². The SMILES string of the molecule is CNc1ncnc2c1ncn2-c1ccc(NC(=O)Nc2cc(CCN3CCN(C)C3)cc(C(F)(F)F)c2)cc1. The van der Waals surface area contributed by atoms with Crippen LogP contribution in [0.15, 0.2) is 55.1 Å². The summed E-state index contributed by atoms with van der Waals surface area (Å²) in [5.41, 5.74) is 2.26. The van der Waals surface area contributed by atoms with Crippen LogP contribution in [0, 0.1) is 0 Å². The molecule has 0 radical (unpaired) electrons. The van der Waals surface area contributed by atoms with Crippen molar-refractivity contribution < 1.29 is 18.0 Å². The molecule has 10 nitrogen and oxygen atoms in total. The van der Waals surface area contributed by atoms with E-state index in [0.717, 1.165) is 37.6 Å². The van der Waals surface area contributed by atoms with Crippen molar-refractivity contribution >= 4 is 34.4 Å². The maximum atomic E-state index is 13.6. The van der Waals surface area contributed by atoms with Crippen LogP contribution in [0.2, 0.25) is 0 Å². The van der Waals surface area contributed by atoms with E-state index in [2.05, 4.69) is 40.7 Å². The molecule has 4 aromatic rings. The predicted molar refractivity (Wildman–Crippen MR) is 143 cm³/mol. The van der Waals surface area contributed by atoms with Gasteiger partial charge in [-0.2, -0.15) is 13.2 Å². The Kier molecular flexibility index (Phi) is 7.35. The van der Waals surface area contributed by atoms with Gasteiger partial charge < -0.3 is 16.0 Å². The second-order valence-electron chi connectivity index (χ2n) is 9.39. The fourth-order valence-electron chi connectivity index (χ4n) is 4.54. The molecule has 0 atom stereocenters. The number of fused-ring (bicyclic) bond motifs is 1. The van der Waals surface area contributed by atoms with Gasteiger partial charge in [0, 0.05) is 43.7 Å². The molecule has 3 heterocycles. The molecule has 1 saturated heterocycles. The van der Waals surface area contributed by atoms with Gasteiger partial charge >= 0.3 is 12.2 Å². The molecule has 1 fully saturated rings.